The van der Waals surface area contributed by atoms with E-state index in [1.807, 2.05) is 18.2 Å². The molecule has 0 saturated carbocycles. The van der Waals surface area contributed by atoms with Crippen LogP contribution in [0.2, 0.25) is 0 Å². The Bertz CT molecular complexity index is 926. The van der Waals surface area contributed by atoms with E-state index < -0.39 is 0 Å². The van der Waals surface area contributed by atoms with E-state index in [0.717, 1.165) is 54.9 Å². The number of nitrogens with one attached hydrogen (secondary N) is 1. The predicted molar refractivity (Wildman–Crippen MR) is 116 cm³/mol. The fraction of sp³-hybridized carbons (Fsp3) is 0.304. The van der Waals surface area contributed by atoms with Crippen LogP contribution in [0.4, 0.5) is 17.3 Å². The molecule has 5 nitrogen and oxygen atoms in total. The van der Waals surface area contributed by atoms with Gasteiger partial charge in [0.05, 0.1) is 0 Å². The average molecular weight is 374 g/mol. The lowest BCUT2D eigenvalue weighted by molar-refractivity contribution is 0.312. The fourth-order valence-corrected chi connectivity index (χ4v) is 3.55. The second-order valence-electron chi connectivity index (χ2n) is 7.48. The maximum Gasteiger partial charge on any atom is 0.163 e. The van der Waals surface area contributed by atoms with Crippen molar-refractivity contribution in [3.05, 3.63) is 65.7 Å². The Hall–Kier alpha value is -2.92. The molecule has 0 radical (unpaired) electrons. The standard InChI is InChI=1S/C23H27N5/c1-17-8-7-9-18(2)22(17)24-20-16-21(28-14-12-27(3)13-15-28)26-23(25-20)19-10-5-4-6-11-19/h4-11,16H,12-15H2,1-3H3,(H,24,25,26). The van der Waals surface area contributed by atoms with E-state index in [-0.39, 0.29) is 0 Å². The summed E-state index contributed by atoms with van der Waals surface area (Å²) in [5.74, 6) is 2.57. The summed E-state index contributed by atoms with van der Waals surface area (Å²) in [6.45, 7) is 8.29. The molecule has 5 heteroatoms. The van der Waals surface area contributed by atoms with E-state index in [1.165, 1.54) is 11.1 Å². The third-order valence-corrected chi connectivity index (χ3v) is 5.31. The number of benzene rings is 2. The minimum atomic E-state index is 0.755. The van der Waals surface area contributed by atoms with E-state index in [9.17, 15) is 0 Å². The first-order chi connectivity index (χ1) is 13.6. The van der Waals surface area contributed by atoms with Crippen molar-refractivity contribution in [3.8, 4) is 11.4 Å². The monoisotopic (exact) mass is 373 g/mol. The van der Waals surface area contributed by atoms with Crippen LogP contribution in [0.5, 0.6) is 0 Å². The van der Waals surface area contributed by atoms with Crippen molar-refractivity contribution in [2.45, 2.75) is 13.8 Å². The number of hydrogen-bond donors (Lipinski definition) is 1. The van der Waals surface area contributed by atoms with E-state index in [4.69, 9.17) is 9.97 Å². The zero-order chi connectivity index (χ0) is 19.5. The fourth-order valence-electron chi connectivity index (χ4n) is 3.55. The maximum absolute atomic E-state index is 4.90. The average Bonchev–Trinajstić information content (AvgIpc) is 2.72. The molecule has 0 atom stereocenters. The number of rotatable bonds is 4. The smallest absolute Gasteiger partial charge is 0.163 e. The molecule has 1 saturated heterocycles. The van der Waals surface area contributed by atoms with Crippen LogP contribution < -0.4 is 10.2 Å². The molecule has 1 fully saturated rings. The maximum atomic E-state index is 4.90. The van der Waals surface area contributed by atoms with Gasteiger partial charge in [-0.3, -0.25) is 0 Å². The lowest BCUT2D eigenvalue weighted by Crippen LogP contribution is -2.44. The number of aromatic nitrogens is 2. The normalized spacial score (nSPS) is 14.9. The van der Waals surface area contributed by atoms with Gasteiger partial charge in [0.2, 0.25) is 0 Å². The van der Waals surface area contributed by atoms with Gasteiger partial charge in [-0.2, -0.15) is 0 Å². The topological polar surface area (TPSA) is 44.3 Å². The number of nitrogens with zero attached hydrogens (tertiary/aromatic N) is 4. The summed E-state index contributed by atoms with van der Waals surface area (Å²) in [6.07, 6.45) is 0. The number of hydrogen-bond acceptors (Lipinski definition) is 5. The Labute approximate surface area is 167 Å². The van der Waals surface area contributed by atoms with Crippen molar-refractivity contribution in [2.24, 2.45) is 0 Å². The first-order valence-electron chi connectivity index (χ1n) is 9.81. The summed E-state index contributed by atoms with van der Waals surface area (Å²) >= 11 is 0. The number of piperazine rings is 1. The second kappa shape index (κ2) is 7.98. The van der Waals surface area contributed by atoms with Crippen LogP contribution in [0.15, 0.2) is 54.6 Å². The summed E-state index contributed by atoms with van der Waals surface area (Å²) < 4.78 is 0. The van der Waals surface area contributed by atoms with Crippen LogP contribution in [0, 0.1) is 13.8 Å². The van der Waals surface area contributed by atoms with Crippen molar-refractivity contribution in [1.29, 1.82) is 0 Å². The zero-order valence-corrected chi connectivity index (χ0v) is 16.8. The molecular weight excluding hydrogens is 346 g/mol. The van der Waals surface area contributed by atoms with Gasteiger partial charge in [-0.25, -0.2) is 9.97 Å². The largest absolute Gasteiger partial charge is 0.354 e. The van der Waals surface area contributed by atoms with E-state index in [0.29, 0.717) is 0 Å². The van der Waals surface area contributed by atoms with E-state index >= 15 is 0 Å². The highest BCUT2D eigenvalue weighted by Crippen LogP contribution is 2.28. The van der Waals surface area contributed by atoms with Gasteiger partial charge in [-0.15, -0.1) is 0 Å². The van der Waals surface area contributed by atoms with Gasteiger partial charge in [-0.05, 0) is 32.0 Å². The molecule has 0 amide bonds. The number of anilines is 3. The van der Waals surface area contributed by atoms with Crippen molar-refractivity contribution in [1.82, 2.24) is 14.9 Å². The van der Waals surface area contributed by atoms with Gasteiger partial charge >= 0.3 is 0 Å². The van der Waals surface area contributed by atoms with Crippen molar-refractivity contribution in [2.75, 3.05) is 43.4 Å². The molecule has 0 spiro atoms. The molecule has 28 heavy (non-hydrogen) atoms. The van der Waals surface area contributed by atoms with E-state index in [2.05, 4.69) is 72.4 Å². The van der Waals surface area contributed by atoms with Gasteiger partial charge in [0, 0.05) is 43.5 Å². The third kappa shape index (κ3) is 3.99. The molecule has 144 valence electrons. The third-order valence-electron chi connectivity index (χ3n) is 5.31. The minimum Gasteiger partial charge on any atom is -0.354 e. The highest BCUT2D eigenvalue weighted by Gasteiger charge is 2.18. The highest BCUT2D eigenvalue weighted by atomic mass is 15.3. The van der Waals surface area contributed by atoms with Crippen LogP contribution in [0.3, 0.4) is 0 Å². The Morgan fingerprint density at radius 3 is 2.18 bits per heavy atom. The zero-order valence-electron chi connectivity index (χ0n) is 16.8. The molecule has 1 aliphatic heterocycles. The molecule has 0 aliphatic carbocycles. The number of aryl methyl sites for hydroxylation is 2. The van der Waals surface area contributed by atoms with Crippen molar-refractivity contribution in [3.63, 3.8) is 0 Å². The van der Waals surface area contributed by atoms with Crippen LogP contribution in [-0.2, 0) is 0 Å². The molecule has 0 unspecified atom stereocenters. The summed E-state index contributed by atoms with van der Waals surface area (Å²) in [5.41, 5.74) is 4.56. The Kier molecular flexibility index (Phi) is 5.26. The first-order valence-corrected chi connectivity index (χ1v) is 9.81. The summed E-state index contributed by atoms with van der Waals surface area (Å²) in [7, 11) is 2.17. The van der Waals surface area contributed by atoms with Crippen LogP contribution in [0.25, 0.3) is 11.4 Å². The van der Waals surface area contributed by atoms with E-state index in [1.54, 1.807) is 0 Å². The molecule has 3 aromatic rings. The van der Waals surface area contributed by atoms with Gasteiger partial charge in [0.1, 0.15) is 11.6 Å². The second-order valence-corrected chi connectivity index (χ2v) is 7.48. The van der Waals surface area contributed by atoms with Crippen LogP contribution in [-0.4, -0.2) is 48.1 Å². The summed E-state index contributed by atoms with van der Waals surface area (Å²) in [6, 6.07) is 18.6. The summed E-state index contributed by atoms with van der Waals surface area (Å²) in [4.78, 5) is 14.4. The van der Waals surface area contributed by atoms with Gasteiger partial charge in [0.15, 0.2) is 5.82 Å². The lowest BCUT2D eigenvalue weighted by Gasteiger charge is -2.33. The van der Waals surface area contributed by atoms with Gasteiger partial charge in [-0.1, -0.05) is 48.5 Å². The Morgan fingerprint density at radius 1 is 0.821 bits per heavy atom. The first kappa shape index (κ1) is 18.4. The number of para-hydroxylation sites is 1. The number of likely N-dealkylation sites (N-methyl/N-ethyl adjacent to an activating group) is 1. The molecule has 1 aliphatic rings. The van der Waals surface area contributed by atoms with Gasteiger partial charge < -0.3 is 15.1 Å². The highest BCUT2D eigenvalue weighted by molar-refractivity contribution is 5.69. The predicted octanol–water partition coefficient (Wildman–Crippen LogP) is 4.26. The minimum absolute atomic E-state index is 0.755. The quantitative estimate of drug-likeness (QED) is 0.740. The molecule has 0 bridgehead atoms. The van der Waals surface area contributed by atoms with Gasteiger partial charge in [0.25, 0.3) is 0 Å². The molecular formula is C23H27N5. The molecule has 2 heterocycles. The molecule has 1 aromatic heterocycles. The molecule has 4 rings (SSSR count). The molecule has 2 aromatic carbocycles. The Balaban J connectivity index is 1.74. The van der Waals surface area contributed by atoms with Crippen LogP contribution >= 0.6 is 0 Å². The van der Waals surface area contributed by atoms with Crippen molar-refractivity contribution < 1.29 is 0 Å². The SMILES string of the molecule is Cc1cccc(C)c1Nc1cc(N2CCN(C)CC2)nc(-c2ccccc2)n1. The Morgan fingerprint density at radius 2 is 1.50 bits per heavy atom. The molecule has 1 N–H and O–H groups in total. The summed E-state index contributed by atoms with van der Waals surface area (Å²) in [5, 5.41) is 3.55. The van der Waals surface area contributed by atoms with Crippen LogP contribution in [0.1, 0.15) is 11.1 Å². The van der Waals surface area contributed by atoms with Crippen molar-refractivity contribution >= 4 is 17.3 Å². The lowest BCUT2D eigenvalue weighted by atomic mass is 10.1.